The van der Waals surface area contributed by atoms with Gasteiger partial charge in [-0.1, -0.05) is 44.2 Å². The van der Waals surface area contributed by atoms with Crippen LogP contribution in [-0.4, -0.2) is 23.8 Å². The van der Waals surface area contributed by atoms with Gasteiger partial charge in [-0.05, 0) is 29.8 Å². The number of nitrogens with zero attached hydrogens (tertiary/aromatic N) is 1. The van der Waals surface area contributed by atoms with Crippen molar-refractivity contribution >= 4 is 17.5 Å². The topological polar surface area (TPSA) is 49.4 Å². The zero-order chi connectivity index (χ0) is 16.8. The molecule has 2 aromatic carbocycles. The van der Waals surface area contributed by atoms with E-state index in [4.69, 9.17) is 0 Å². The summed E-state index contributed by atoms with van der Waals surface area (Å²) in [4.78, 5) is 25.8. The zero-order valence-corrected chi connectivity index (χ0v) is 13.7. The molecule has 2 amide bonds. The number of hydrogen-bond acceptors (Lipinski definition) is 2. The molecule has 0 saturated heterocycles. The van der Waals surface area contributed by atoms with E-state index < -0.39 is 0 Å². The summed E-state index contributed by atoms with van der Waals surface area (Å²) >= 11 is 0. The van der Waals surface area contributed by atoms with Crippen LogP contribution in [0.5, 0.6) is 0 Å². The van der Waals surface area contributed by atoms with Gasteiger partial charge in [0.2, 0.25) is 5.91 Å². The second kappa shape index (κ2) is 7.58. The molecule has 0 fully saturated rings. The predicted molar refractivity (Wildman–Crippen MR) is 92.1 cm³/mol. The fourth-order valence-corrected chi connectivity index (χ4v) is 2.13. The third-order valence-electron chi connectivity index (χ3n) is 3.53. The van der Waals surface area contributed by atoms with Gasteiger partial charge >= 0.3 is 0 Å². The van der Waals surface area contributed by atoms with E-state index in [0.717, 1.165) is 5.56 Å². The van der Waals surface area contributed by atoms with Crippen LogP contribution >= 0.6 is 0 Å². The van der Waals surface area contributed by atoms with Gasteiger partial charge in [-0.3, -0.25) is 9.59 Å². The second-order valence-electron chi connectivity index (χ2n) is 5.87. The van der Waals surface area contributed by atoms with Gasteiger partial charge in [-0.25, -0.2) is 0 Å². The molecule has 4 heteroatoms. The average Bonchev–Trinajstić information content (AvgIpc) is 2.55. The first-order chi connectivity index (χ1) is 11.0. The van der Waals surface area contributed by atoms with Gasteiger partial charge in [0.05, 0.1) is 0 Å². The minimum absolute atomic E-state index is 0.0368. The quantitative estimate of drug-likeness (QED) is 0.918. The van der Waals surface area contributed by atoms with E-state index in [1.54, 1.807) is 36.2 Å². The highest BCUT2D eigenvalue weighted by molar-refractivity contribution is 5.96. The van der Waals surface area contributed by atoms with E-state index in [-0.39, 0.29) is 17.7 Å². The van der Waals surface area contributed by atoms with Crippen molar-refractivity contribution in [3.8, 4) is 0 Å². The molecule has 2 aromatic rings. The van der Waals surface area contributed by atoms with Gasteiger partial charge < -0.3 is 10.2 Å². The maximum atomic E-state index is 12.4. The molecule has 0 aliphatic carbocycles. The van der Waals surface area contributed by atoms with Gasteiger partial charge in [0.25, 0.3) is 5.91 Å². The fraction of sp³-hybridized carbons (Fsp3) is 0.263. The van der Waals surface area contributed by atoms with Crippen LogP contribution in [0.15, 0.2) is 54.6 Å². The van der Waals surface area contributed by atoms with Crippen LogP contribution in [0.1, 0.15) is 29.8 Å². The molecule has 1 N–H and O–H groups in total. The Labute approximate surface area is 137 Å². The summed E-state index contributed by atoms with van der Waals surface area (Å²) in [6.45, 7) is 4.24. The van der Waals surface area contributed by atoms with Crippen molar-refractivity contribution in [2.45, 2.75) is 20.4 Å². The Hall–Kier alpha value is -2.62. The van der Waals surface area contributed by atoms with E-state index >= 15 is 0 Å². The molecule has 0 unspecified atom stereocenters. The SMILES string of the molecule is CC(C)C(=O)Nc1ccc(C(=O)N(C)Cc2ccccc2)cc1. The van der Waals surface area contributed by atoms with Crippen LogP contribution in [0.4, 0.5) is 5.69 Å². The lowest BCUT2D eigenvalue weighted by molar-refractivity contribution is -0.118. The Kier molecular flexibility index (Phi) is 5.52. The van der Waals surface area contributed by atoms with Crippen molar-refractivity contribution in [1.82, 2.24) is 4.90 Å². The van der Waals surface area contributed by atoms with Crippen LogP contribution in [0.2, 0.25) is 0 Å². The number of amides is 2. The average molecular weight is 310 g/mol. The lowest BCUT2D eigenvalue weighted by Crippen LogP contribution is -2.26. The van der Waals surface area contributed by atoms with Crippen molar-refractivity contribution in [3.63, 3.8) is 0 Å². The molecule has 4 nitrogen and oxygen atoms in total. The van der Waals surface area contributed by atoms with Crippen molar-refractivity contribution in [2.75, 3.05) is 12.4 Å². The third-order valence-corrected chi connectivity index (χ3v) is 3.53. The number of hydrogen-bond donors (Lipinski definition) is 1. The summed E-state index contributed by atoms with van der Waals surface area (Å²) in [6, 6.07) is 16.8. The van der Waals surface area contributed by atoms with Crippen molar-refractivity contribution in [2.24, 2.45) is 5.92 Å². The lowest BCUT2D eigenvalue weighted by atomic mass is 10.1. The number of nitrogens with one attached hydrogen (secondary N) is 1. The van der Waals surface area contributed by atoms with E-state index in [1.165, 1.54) is 0 Å². The van der Waals surface area contributed by atoms with E-state index in [1.807, 2.05) is 44.2 Å². The molecule has 0 saturated carbocycles. The standard InChI is InChI=1S/C19H22N2O2/c1-14(2)18(22)20-17-11-9-16(10-12-17)19(23)21(3)13-15-7-5-4-6-8-15/h4-12,14H,13H2,1-3H3,(H,20,22). The molecule has 0 aromatic heterocycles. The summed E-state index contributed by atoms with van der Waals surface area (Å²) in [5.41, 5.74) is 2.39. The van der Waals surface area contributed by atoms with Crippen LogP contribution < -0.4 is 5.32 Å². The molecule has 120 valence electrons. The highest BCUT2D eigenvalue weighted by Gasteiger charge is 2.12. The van der Waals surface area contributed by atoms with Crippen LogP contribution in [0, 0.1) is 5.92 Å². The van der Waals surface area contributed by atoms with Crippen LogP contribution in [-0.2, 0) is 11.3 Å². The van der Waals surface area contributed by atoms with Crippen molar-refractivity contribution in [1.29, 1.82) is 0 Å². The summed E-state index contributed by atoms with van der Waals surface area (Å²) < 4.78 is 0. The minimum atomic E-state index is -0.0756. The van der Waals surface area contributed by atoms with Gasteiger partial charge in [0.15, 0.2) is 0 Å². The molecule has 2 rings (SSSR count). The summed E-state index contributed by atoms with van der Waals surface area (Å²) in [6.07, 6.45) is 0. The largest absolute Gasteiger partial charge is 0.337 e. The first-order valence-corrected chi connectivity index (χ1v) is 7.67. The smallest absolute Gasteiger partial charge is 0.253 e. The molecule has 0 atom stereocenters. The Morgan fingerprint density at radius 2 is 1.61 bits per heavy atom. The molecule has 0 heterocycles. The number of rotatable bonds is 5. The normalized spacial score (nSPS) is 10.4. The fourth-order valence-electron chi connectivity index (χ4n) is 2.13. The van der Waals surface area contributed by atoms with E-state index in [0.29, 0.717) is 17.8 Å². The molecule has 0 radical (unpaired) electrons. The van der Waals surface area contributed by atoms with E-state index in [2.05, 4.69) is 5.32 Å². The van der Waals surface area contributed by atoms with Crippen molar-refractivity contribution in [3.05, 3.63) is 65.7 Å². The Balaban J connectivity index is 2.01. The monoisotopic (exact) mass is 310 g/mol. The minimum Gasteiger partial charge on any atom is -0.337 e. The zero-order valence-electron chi connectivity index (χ0n) is 13.7. The molecule has 0 spiro atoms. The lowest BCUT2D eigenvalue weighted by Gasteiger charge is -2.17. The summed E-state index contributed by atoms with van der Waals surface area (Å²) in [5, 5.41) is 2.81. The van der Waals surface area contributed by atoms with Gasteiger partial charge in [-0.2, -0.15) is 0 Å². The maximum Gasteiger partial charge on any atom is 0.253 e. The first-order valence-electron chi connectivity index (χ1n) is 7.67. The number of benzene rings is 2. The number of carbonyl (C=O) groups is 2. The molecular weight excluding hydrogens is 288 g/mol. The molecule has 0 aliphatic rings. The maximum absolute atomic E-state index is 12.4. The third kappa shape index (κ3) is 4.68. The Morgan fingerprint density at radius 1 is 1.00 bits per heavy atom. The number of carbonyl (C=O) groups excluding carboxylic acids is 2. The van der Waals surface area contributed by atoms with Crippen molar-refractivity contribution < 1.29 is 9.59 Å². The molecule has 0 bridgehead atoms. The van der Waals surface area contributed by atoms with Gasteiger partial charge in [-0.15, -0.1) is 0 Å². The molecule has 23 heavy (non-hydrogen) atoms. The van der Waals surface area contributed by atoms with Crippen LogP contribution in [0.25, 0.3) is 0 Å². The van der Waals surface area contributed by atoms with Crippen LogP contribution in [0.3, 0.4) is 0 Å². The second-order valence-corrected chi connectivity index (χ2v) is 5.87. The Morgan fingerprint density at radius 3 is 2.17 bits per heavy atom. The van der Waals surface area contributed by atoms with Gasteiger partial charge in [0.1, 0.15) is 0 Å². The number of anilines is 1. The molecule has 0 aliphatic heterocycles. The van der Waals surface area contributed by atoms with Gasteiger partial charge in [0, 0.05) is 30.8 Å². The molecular formula is C19H22N2O2. The highest BCUT2D eigenvalue weighted by atomic mass is 16.2. The summed E-state index contributed by atoms with van der Waals surface area (Å²) in [5.74, 6) is -0.158. The summed E-state index contributed by atoms with van der Waals surface area (Å²) in [7, 11) is 1.78. The first kappa shape index (κ1) is 16.7. The predicted octanol–water partition coefficient (Wildman–Crippen LogP) is 3.55. The Bertz CT molecular complexity index is 664. The van der Waals surface area contributed by atoms with E-state index in [9.17, 15) is 9.59 Å². The highest BCUT2D eigenvalue weighted by Crippen LogP contribution is 2.13.